The Bertz CT molecular complexity index is 358. The fourth-order valence-corrected chi connectivity index (χ4v) is 1.19. The van der Waals surface area contributed by atoms with Crippen LogP contribution in [0.3, 0.4) is 0 Å². The molecule has 0 N–H and O–H groups in total. The van der Waals surface area contributed by atoms with Gasteiger partial charge in [-0.2, -0.15) is 8.42 Å². The summed E-state index contributed by atoms with van der Waals surface area (Å²) in [5, 5.41) is -0.548. The second kappa shape index (κ2) is 3.74. The molecule has 0 aliphatic rings. The minimum absolute atomic E-state index is 0.246. The molecule has 0 aromatic carbocycles. The zero-order chi connectivity index (χ0) is 9.90. The smallest absolute Gasteiger partial charge is 0.311 e. The molecule has 0 aliphatic heterocycles. The first kappa shape index (κ1) is 9.98. The number of nitrogens with zero attached hydrogens (tertiary/aromatic N) is 1. The molecular formula is C8H11NO3S. The molecule has 13 heavy (non-hydrogen) atoms. The molecule has 0 amide bonds. The van der Waals surface area contributed by atoms with E-state index in [1.165, 1.54) is 6.20 Å². The number of rotatable bonds is 3. The van der Waals surface area contributed by atoms with E-state index in [9.17, 15) is 8.42 Å². The Hall–Kier alpha value is -1.10. The predicted molar refractivity (Wildman–Crippen MR) is 48.9 cm³/mol. The molecule has 4 nitrogen and oxygen atoms in total. The van der Waals surface area contributed by atoms with Gasteiger partial charge in [-0.15, -0.1) is 0 Å². The second-order valence-corrected chi connectivity index (χ2v) is 4.91. The lowest BCUT2D eigenvalue weighted by atomic mass is 10.5. The largest absolute Gasteiger partial charge is 0.381 e. The highest BCUT2D eigenvalue weighted by atomic mass is 32.2. The monoisotopic (exact) mass is 201 g/mol. The van der Waals surface area contributed by atoms with E-state index in [0.717, 1.165) is 0 Å². The van der Waals surface area contributed by atoms with Gasteiger partial charge in [-0.25, -0.2) is 0 Å². The Morgan fingerprint density at radius 1 is 1.46 bits per heavy atom. The van der Waals surface area contributed by atoms with Gasteiger partial charge in [0.25, 0.3) is 0 Å². The molecule has 0 saturated carbocycles. The van der Waals surface area contributed by atoms with Crippen molar-refractivity contribution in [2.45, 2.75) is 19.1 Å². The average Bonchev–Trinajstić information content (AvgIpc) is 2.05. The summed E-state index contributed by atoms with van der Waals surface area (Å²) in [7, 11) is -3.49. The van der Waals surface area contributed by atoms with Crippen LogP contribution in [-0.4, -0.2) is 18.7 Å². The Balaban J connectivity index is 2.82. The first-order valence-corrected chi connectivity index (χ1v) is 5.33. The van der Waals surface area contributed by atoms with E-state index in [4.69, 9.17) is 4.18 Å². The number of hydrogen-bond donors (Lipinski definition) is 0. The lowest BCUT2D eigenvalue weighted by Crippen LogP contribution is -2.19. The van der Waals surface area contributed by atoms with Gasteiger partial charge in [-0.05, 0) is 26.0 Å². The van der Waals surface area contributed by atoms with Gasteiger partial charge in [-0.3, -0.25) is 4.98 Å². The Morgan fingerprint density at radius 2 is 2.15 bits per heavy atom. The van der Waals surface area contributed by atoms with Gasteiger partial charge < -0.3 is 4.18 Å². The Labute approximate surface area is 77.7 Å². The molecule has 0 bridgehead atoms. The van der Waals surface area contributed by atoms with Crippen molar-refractivity contribution < 1.29 is 12.6 Å². The first-order valence-electron chi connectivity index (χ1n) is 3.85. The normalized spacial score (nSPS) is 11.6. The highest BCUT2D eigenvalue weighted by Gasteiger charge is 2.17. The summed E-state index contributed by atoms with van der Waals surface area (Å²) in [6.07, 6.45) is 2.91. The third-order valence-electron chi connectivity index (χ3n) is 1.42. The van der Waals surface area contributed by atoms with Gasteiger partial charge in [0.15, 0.2) is 5.75 Å². The highest BCUT2D eigenvalue weighted by molar-refractivity contribution is 7.87. The number of aromatic nitrogens is 1. The third-order valence-corrected chi connectivity index (χ3v) is 3.00. The molecular weight excluding hydrogens is 190 g/mol. The minimum atomic E-state index is -3.49. The molecule has 72 valence electrons. The summed E-state index contributed by atoms with van der Waals surface area (Å²) in [5.74, 6) is 0.246. The predicted octanol–water partition coefficient (Wildman–Crippen LogP) is 1.20. The lowest BCUT2D eigenvalue weighted by Gasteiger charge is -2.08. The van der Waals surface area contributed by atoms with Crippen molar-refractivity contribution >= 4 is 10.1 Å². The van der Waals surface area contributed by atoms with Crippen LogP contribution in [0.5, 0.6) is 5.75 Å². The molecule has 1 heterocycles. The number of pyridine rings is 1. The fraction of sp³-hybridized carbons (Fsp3) is 0.375. The molecule has 0 fully saturated rings. The van der Waals surface area contributed by atoms with E-state index in [-0.39, 0.29) is 5.75 Å². The standard InChI is InChI=1S/C8H11NO3S/c1-7(2)13(10,11)12-8-4-3-5-9-6-8/h3-7H,1-2H3. The highest BCUT2D eigenvalue weighted by Crippen LogP contribution is 2.12. The maximum absolute atomic E-state index is 11.2. The van der Waals surface area contributed by atoms with Crippen LogP contribution < -0.4 is 4.18 Å². The van der Waals surface area contributed by atoms with Crippen LogP contribution >= 0.6 is 0 Å². The van der Waals surface area contributed by atoms with Crippen molar-refractivity contribution in [2.75, 3.05) is 0 Å². The van der Waals surface area contributed by atoms with Crippen LogP contribution in [-0.2, 0) is 10.1 Å². The van der Waals surface area contributed by atoms with Gasteiger partial charge >= 0.3 is 10.1 Å². The summed E-state index contributed by atoms with van der Waals surface area (Å²) < 4.78 is 27.3. The first-order chi connectivity index (χ1) is 6.02. The van der Waals surface area contributed by atoms with Crippen molar-refractivity contribution in [2.24, 2.45) is 0 Å². The molecule has 0 atom stereocenters. The van der Waals surface area contributed by atoms with Gasteiger partial charge in [0.1, 0.15) is 0 Å². The van der Waals surface area contributed by atoms with E-state index in [1.807, 2.05) is 0 Å². The molecule has 0 saturated heterocycles. The Morgan fingerprint density at radius 3 is 2.62 bits per heavy atom. The van der Waals surface area contributed by atoms with E-state index in [1.54, 1.807) is 32.2 Å². The van der Waals surface area contributed by atoms with Crippen LogP contribution in [0.25, 0.3) is 0 Å². The van der Waals surface area contributed by atoms with Crippen molar-refractivity contribution in [1.82, 2.24) is 4.98 Å². The maximum Gasteiger partial charge on any atom is 0.311 e. The van der Waals surface area contributed by atoms with Crippen LogP contribution in [0.2, 0.25) is 0 Å². The number of hydrogen-bond acceptors (Lipinski definition) is 4. The van der Waals surface area contributed by atoms with Gasteiger partial charge in [0, 0.05) is 6.20 Å². The average molecular weight is 201 g/mol. The summed E-state index contributed by atoms with van der Waals surface area (Å²) >= 11 is 0. The van der Waals surface area contributed by atoms with Crippen molar-refractivity contribution in [3.8, 4) is 5.75 Å². The van der Waals surface area contributed by atoms with E-state index >= 15 is 0 Å². The summed E-state index contributed by atoms with van der Waals surface area (Å²) in [6.45, 7) is 3.12. The van der Waals surface area contributed by atoms with Crippen LogP contribution in [0.15, 0.2) is 24.5 Å². The molecule has 1 aromatic rings. The summed E-state index contributed by atoms with van der Waals surface area (Å²) in [4.78, 5) is 3.74. The molecule has 1 rings (SSSR count). The van der Waals surface area contributed by atoms with Gasteiger partial charge in [0.2, 0.25) is 0 Å². The van der Waals surface area contributed by atoms with Crippen LogP contribution in [0, 0.1) is 0 Å². The van der Waals surface area contributed by atoms with Crippen LogP contribution in [0.1, 0.15) is 13.8 Å². The molecule has 0 unspecified atom stereocenters. The van der Waals surface area contributed by atoms with E-state index in [0.29, 0.717) is 0 Å². The Kier molecular flexibility index (Phi) is 2.87. The van der Waals surface area contributed by atoms with Crippen LogP contribution in [0.4, 0.5) is 0 Å². The van der Waals surface area contributed by atoms with E-state index < -0.39 is 15.4 Å². The SMILES string of the molecule is CC(C)S(=O)(=O)Oc1cccnc1. The van der Waals surface area contributed by atoms with Crippen molar-refractivity contribution in [1.29, 1.82) is 0 Å². The zero-order valence-electron chi connectivity index (χ0n) is 7.47. The summed E-state index contributed by atoms with van der Waals surface area (Å²) in [5.41, 5.74) is 0. The minimum Gasteiger partial charge on any atom is -0.381 e. The maximum atomic E-state index is 11.2. The van der Waals surface area contributed by atoms with Gasteiger partial charge in [0.05, 0.1) is 11.4 Å². The molecule has 1 aromatic heterocycles. The second-order valence-electron chi connectivity index (χ2n) is 2.81. The summed E-state index contributed by atoms with van der Waals surface area (Å²) in [6, 6.07) is 3.16. The lowest BCUT2D eigenvalue weighted by molar-refractivity contribution is 0.476. The van der Waals surface area contributed by atoms with E-state index in [2.05, 4.69) is 4.98 Å². The fourth-order valence-electron chi connectivity index (χ4n) is 0.627. The quantitative estimate of drug-likeness (QED) is 0.689. The molecule has 0 spiro atoms. The van der Waals surface area contributed by atoms with Gasteiger partial charge in [-0.1, -0.05) is 0 Å². The zero-order valence-corrected chi connectivity index (χ0v) is 8.28. The molecule has 0 radical (unpaired) electrons. The topological polar surface area (TPSA) is 56.3 Å². The van der Waals surface area contributed by atoms with Crippen molar-refractivity contribution in [3.63, 3.8) is 0 Å². The van der Waals surface area contributed by atoms with Crippen molar-refractivity contribution in [3.05, 3.63) is 24.5 Å². The molecule has 0 aliphatic carbocycles. The third kappa shape index (κ3) is 2.69. The molecule has 5 heteroatoms.